The maximum Gasteiger partial charge on any atom is 0.416 e. The lowest BCUT2D eigenvalue weighted by Crippen LogP contribution is -2.45. The predicted octanol–water partition coefficient (Wildman–Crippen LogP) is 3.84. The molecule has 2 atom stereocenters. The van der Waals surface area contributed by atoms with Crippen LogP contribution in [0.3, 0.4) is 0 Å². The van der Waals surface area contributed by atoms with E-state index in [9.17, 15) is 18.3 Å². The molecule has 37 heavy (non-hydrogen) atoms. The van der Waals surface area contributed by atoms with Gasteiger partial charge in [0.25, 0.3) is 0 Å². The molecule has 0 amide bonds. The van der Waals surface area contributed by atoms with Crippen molar-refractivity contribution in [1.82, 2.24) is 24.9 Å². The van der Waals surface area contributed by atoms with Crippen molar-refractivity contribution < 1.29 is 18.3 Å². The van der Waals surface area contributed by atoms with Crippen molar-refractivity contribution >= 4 is 11.8 Å². The molecule has 2 aromatic rings. The summed E-state index contributed by atoms with van der Waals surface area (Å²) in [4.78, 5) is 9.58. The third-order valence-corrected chi connectivity index (χ3v) is 7.50. The average molecular weight is 520 g/mol. The molecule has 1 aromatic carbocycles. The Hall–Kier alpha value is -2.63. The van der Waals surface area contributed by atoms with Crippen LogP contribution < -0.4 is 10.6 Å². The van der Waals surface area contributed by atoms with E-state index in [2.05, 4.69) is 32.6 Å². The van der Waals surface area contributed by atoms with E-state index in [1.165, 1.54) is 10.7 Å². The number of fused-ring (bicyclic) bond motifs is 1. The summed E-state index contributed by atoms with van der Waals surface area (Å²) in [7, 11) is 2.08. The lowest BCUT2D eigenvalue weighted by atomic mass is 9.86. The van der Waals surface area contributed by atoms with Gasteiger partial charge < -0.3 is 20.6 Å². The molecule has 2 fully saturated rings. The fraction of sp³-hybridized carbons (Fsp3) is 0.615. The van der Waals surface area contributed by atoms with E-state index < -0.39 is 17.3 Å². The molecule has 3 N–H and O–H groups in total. The van der Waals surface area contributed by atoms with Crippen LogP contribution in [0.25, 0.3) is 5.69 Å². The number of benzene rings is 1. The van der Waals surface area contributed by atoms with E-state index in [1.54, 1.807) is 12.3 Å². The number of alkyl halides is 3. The maximum atomic E-state index is 13.4. The molecule has 1 aromatic heterocycles. The zero-order valence-electron chi connectivity index (χ0n) is 21.6. The summed E-state index contributed by atoms with van der Waals surface area (Å²) in [5, 5.41) is 21.6. The van der Waals surface area contributed by atoms with E-state index in [0.717, 1.165) is 69.6 Å². The Kier molecular flexibility index (Phi) is 6.97. The number of guanidine groups is 1. The molecule has 0 bridgehead atoms. The summed E-state index contributed by atoms with van der Waals surface area (Å²) < 4.78 is 41.8. The fourth-order valence-electron chi connectivity index (χ4n) is 5.73. The number of anilines is 1. The number of aliphatic hydroxyl groups is 1. The number of aliphatic imine (C=N–C) groups is 1. The second-order valence-electron chi connectivity index (χ2n) is 11.3. The monoisotopic (exact) mass is 519 g/mol. The quantitative estimate of drug-likeness (QED) is 0.557. The fourth-order valence-corrected chi connectivity index (χ4v) is 5.73. The van der Waals surface area contributed by atoms with Crippen LogP contribution in [0.5, 0.6) is 0 Å². The molecule has 8 nitrogen and oxygen atoms in total. The molecular weight excluding hydrogens is 483 g/mol. The molecule has 0 unspecified atom stereocenters. The highest BCUT2D eigenvalue weighted by molar-refractivity contribution is 5.96. The van der Waals surface area contributed by atoms with Crippen LogP contribution in [0.2, 0.25) is 0 Å². The Labute approximate surface area is 215 Å². The number of hydrogen-bond donors (Lipinski definition) is 3. The second-order valence-corrected chi connectivity index (χ2v) is 11.3. The van der Waals surface area contributed by atoms with Crippen LogP contribution in [0.1, 0.15) is 56.8 Å². The molecular formula is C26H36F3N7O. The number of aromatic nitrogens is 2. The standard InChI is InChI=1S/C26H36F3N7O/c1-25(2,37)14-17-7-11-35(12-8-17)22-21-15-30-36(20-6-4-5-18(13-20)26(27,28)29)23(21)33-24(32-22)31-19-9-10-34(3)16-19/h4-6,13,15,17,19,22,37H,7-12,14,16H2,1-3H3,(H2,31,32,33)/t19-,22+/m0/s1. The van der Waals surface area contributed by atoms with E-state index in [0.29, 0.717) is 23.4 Å². The van der Waals surface area contributed by atoms with E-state index in [4.69, 9.17) is 4.99 Å². The Bertz CT molecular complexity index is 1130. The highest BCUT2D eigenvalue weighted by Gasteiger charge is 2.36. The summed E-state index contributed by atoms with van der Waals surface area (Å²) >= 11 is 0. The minimum Gasteiger partial charge on any atom is -0.390 e. The number of nitrogens with zero attached hydrogens (tertiary/aromatic N) is 5. The van der Waals surface area contributed by atoms with Gasteiger partial charge in [0.2, 0.25) is 0 Å². The lowest BCUT2D eigenvalue weighted by Gasteiger charge is -2.39. The summed E-state index contributed by atoms with van der Waals surface area (Å²) in [5.74, 6) is 1.69. The van der Waals surface area contributed by atoms with Gasteiger partial charge in [0.05, 0.1) is 28.6 Å². The number of likely N-dealkylation sites (tertiary alicyclic amines) is 2. The van der Waals surface area contributed by atoms with Gasteiger partial charge in [-0.05, 0) is 77.2 Å². The minimum absolute atomic E-state index is 0.237. The van der Waals surface area contributed by atoms with Crippen molar-refractivity contribution in [2.75, 3.05) is 38.5 Å². The van der Waals surface area contributed by atoms with Gasteiger partial charge in [-0.3, -0.25) is 4.90 Å². The third kappa shape index (κ3) is 5.94. The van der Waals surface area contributed by atoms with E-state index in [1.807, 2.05) is 13.8 Å². The van der Waals surface area contributed by atoms with E-state index in [-0.39, 0.29) is 12.2 Å². The van der Waals surface area contributed by atoms with Crippen molar-refractivity contribution in [2.24, 2.45) is 10.9 Å². The Morgan fingerprint density at radius 2 is 1.89 bits per heavy atom. The molecule has 202 valence electrons. The first-order valence-corrected chi connectivity index (χ1v) is 13.0. The Balaban J connectivity index is 1.43. The molecule has 2 saturated heterocycles. The molecule has 0 radical (unpaired) electrons. The Morgan fingerprint density at radius 1 is 1.14 bits per heavy atom. The third-order valence-electron chi connectivity index (χ3n) is 7.50. The van der Waals surface area contributed by atoms with Gasteiger partial charge >= 0.3 is 6.18 Å². The van der Waals surface area contributed by atoms with Crippen molar-refractivity contribution in [3.63, 3.8) is 0 Å². The zero-order chi connectivity index (χ0) is 26.4. The molecule has 0 aliphatic carbocycles. The number of nitrogens with one attached hydrogen (secondary N) is 2. The first kappa shape index (κ1) is 26.0. The second kappa shape index (κ2) is 9.92. The van der Waals surface area contributed by atoms with Crippen molar-refractivity contribution in [2.45, 2.75) is 63.5 Å². The molecule has 0 spiro atoms. The number of hydrogen-bond acceptors (Lipinski definition) is 7. The van der Waals surface area contributed by atoms with Crippen LogP contribution in [0.15, 0.2) is 35.5 Å². The van der Waals surface area contributed by atoms with Gasteiger partial charge in [0.15, 0.2) is 5.96 Å². The zero-order valence-corrected chi connectivity index (χ0v) is 21.6. The predicted molar refractivity (Wildman–Crippen MR) is 137 cm³/mol. The SMILES string of the molecule is CN1CC[C@H](NC2=N[C@H](N3CCC(CC(C)(C)O)CC3)c3cnn(-c4cccc(C(F)(F)F)c4)c3N2)C1. The van der Waals surface area contributed by atoms with Gasteiger partial charge in [0.1, 0.15) is 12.0 Å². The number of likely N-dealkylation sites (N-methyl/N-ethyl adjacent to an activating group) is 1. The normalized spacial score (nSPS) is 24.0. The summed E-state index contributed by atoms with van der Waals surface area (Å²) in [6.07, 6.45) is 0.643. The largest absolute Gasteiger partial charge is 0.416 e. The molecule has 11 heteroatoms. The minimum atomic E-state index is -4.44. The molecule has 3 aliphatic rings. The highest BCUT2D eigenvalue weighted by Crippen LogP contribution is 2.38. The van der Waals surface area contributed by atoms with E-state index >= 15 is 0 Å². The van der Waals surface area contributed by atoms with Crippen LogP contribution >= 0.6 is 0 Å². The van der Waals surface area contributed by atoms with Gasteiger partial charge in [-0.2, -0.15) is 18.3 Å². The topological polar surface area (TPSA) is 80.9 Å². The maximum absolute atomic E-state index is 13.4. The van der Waals surface area contributed by atoms with Crippen molar-refractivity contribution in [3.05, 3.63) is 41.6 Å². The van der Waals surface area contributed by atoms with Gasteiger partial charge in [-0.15, -0.1) is 0 Å². The molecule has 5 rings (SSSR count). The molecule has 4 heterocycles. The van der Waals surface area contributed by atoms with Crippen LogP contribution in [0, 0.1) is 5.92 Å². The van der Waals surface area contributed by atoms with Crippen molar-refractivity contribution in [1.29, 1.82) is 0 Å². The number of halogens is 3. The molecule has 3 aliphatic heterocycles. The first-order valence-electron chi connectivity index (χ1n) is 13.0. The first-order chi connectivity index (χ1) is 17.5. The lowest BCUT2D eigenvalue weighted by molar-refractivity contribution is -0.137. The number of rotatable bonds is 5. The summed E-state index contributed by atoms with van der Waals surface area (Å²) in [5.41, 5.74) is -0.220. The van der Waals surface area contributed by atoms with Crippen LogP contribution in [-0.2, 0) is 6.18 Å². The van der Waals surface area contributed by atoms with Crippen molar-refractivity contribution in [3.8, 4) is 5.69 Å². The van der Waals surface area contributed by atoms with Crippen LogP contribution in [-0.4, -0.2) is 75.5 Å². The smallest absolute Gasteiger partial charge is 0.390 e. The number of piperidine rings is 1. The highest BCUT2D eigenvalue weighted by atomic mass is 19.4. The summed E-state index contributed by atoms with van der Waals surface area (Å²) in [6, 6.07) is 5.46. The van der Waals surface area contributed by atoms with Gasteiger partial charge in [-0.1, -0.05) is 6.07 Å². The Morgan fingerprint density at radius 3 is 2.54 bits per heavy atom. The molecule has 0 saturated carbocycles. The van der Waals surface area contributed by atoms with Crippen LogP contribution in [0.4, 0.5) is 19.0 Å². The van der Waals surface area contributed by atoms with Gasteiger partial charge in [0, 0.05) is 25.7 Å². The average Bonchev–Trinajstić information content (AvgIpc) is 3.43. The summed E-state index contributed by atoms with van der Waals surface area (Å²) in [6.45, 7) is 7.24. The van der Waals surface area contributed by atoms with Gasteiger partial charge in [-0.25, -0.2) is 9.67 Å².